The number of ether oxygens (including phenoxy) is 1. The third-order valence-electron chi connectivity index (χ3n) is 6.80. The number of aromatic nitrogens is 1. The molecule has 3 nitrogen and oxygen atoms in total. The van der Waals surface area contributed by atoms with Crippen molar-refractivity contribution in [1.29, 1.82) is 0 Å². The summed E-state index contributed by atoms with van der Waals surface area (Å²) in [6.07, 6.45) is 13.8. The van der Waals surface area contributed by atoms with E-state index in [-0.39, 0.29) is 5.41 Å². The van der Waals surface area contributed by atoms with Crippen LogP contribution in [0.1, 0.15) is 45.5 Å². The predicted octanol–water partition coefficient (Wildman–Crippen LogP) is 8.38. The van der Waals surface area contributed by atoms with Crippen LogP contribution in [0.5, 0.6) is 5.75 Å². The van der Waals surface area contributed by atoms with Gasteiger partial charge in [-0.1, -0.05) is 67.3 Å². The summed E-state index contributed by atoms with van der Waals surface area (Å²) >= 11 is 3.72. The summed E-state index contributed by atoms with van der Waals surface area (Å²) in [7, 11) is 1.73. The average Bonchev–Trinajstić information content (AvgIpc) is 3.39. The smallest absolute Gasteiger partial charge is 0.263 e. The fourth-order valence-electron chi connectivity index (χ4n) is 5.26. The minimum absolute atomic E-state index is 0.242. The van der Waals surface area contributed by atoms with Crippen LogP contribution in [0.25, 0.3) is 16.3 Å². The molecule has 5 heteroatoms. The highest BCUT2D eigenvalue weighted by Gasteiger charge is 2.27. The van der Waals surface area contributed by atoms with E-state index >= 15 is 0 Å². The zero-order valence-corrected chi connectivity index (χ0v) is 23.5. The minimum Gasteiger partial charge on any atom is -0.497 e. The monoisotopic (exact) mass is 515 g/mol. The Hall–Kier alpha value is -2.76. The van der Waals surface area contributed by atoms with E-state index in [4.69, 9.17) is 4.74 Å². The number of nitrogens with zero attached hydrogens (tertiary/aromatic N) is 2. The number of benzene rings is 2. The van der Waals surface area contributed by atoms with Gasteiger partial charge in [0.1, 0.15) is 17.0 Å². The van der Waals surface area contributed by atoms with Crippen LogP contribution in [0.3, 0.4) is 0 Å². The fourth-order valence-corrected chi connectivity index (χ4v) is 7.59. The van der Waals surface area contributed by atoms with E-state index in [0.29, 0.717) is 0 Å². The molecule has 0 saturated heterocycles. The lowest BCUT2D eigenvalue weighted by Gasteiger charge is -2.30. The lowest BCUT2D eigenvalue weighted by molar-refractivity contribution is -0.665. The van der Waals surface area contributed by atoms with Crippen molar-refractivity contribution < 1.29 is 9.30 Å². The number of para-hydroxylation sites is 1. The Bertz CT molecular complexity index is 1410. The molecule has 0 saturated carbocycles. The summed E-state index contributed by atoms with van der Waals surface area (Å²) in [6, 6.07) is 15.1. The molecule has 2 heterocycles. The van der Waals surface area contributed by atoms with E-state index in [1.165, 1.54) is 42.0 Å². The third kappa shape index (κ3) is 5.05. The van der Waals surface area contributed by atoms with Crippen LogP contribution in [-0.2, 0) is 6.54 Å². The van der Waals surface area contributed by atoms with Crippen molar-refractivity contribution >= 4 is 45.1 Å². The zero-order valence-electron chi connectivity index (χ0n) is 21.9. The number of fused-ring (bicyclic) bond motifs is 2. The van der Waals surface area contributed by atoms with Crippen molar-refractivity contribution in [2.24, 2.45) is 5.41 Å². The molecule has 0 bridgehead atoms. The number of allylic oxidation sites excluding steroid dienone is 6. The van der Waals surface area contributed by atoms with E-state index in [9.17, 15) is 0 Å². The topological polar surface area (TPSA) is 16.4 Å². The van der Waals surface area contributed by atoms with Crippen molar-refractivity contribution in [2.75, 3.05) is 18.6 Å². The molecule has 1 aromatic heterocycles. The van der Waals surface area contributed by atoms with Crippen molar-refractivity contribution in [3.63, 3.8) is 0 Å². The molecule has 0 amide bonds. The van der Waals surface area contributed by atoms with Gasteiger partial charge in [0.15, 0.2) is 0 Å². The second-order valence-corrected chi connectivity index (χ2v) is 12.3. The van der Waals surface area contributed by atoms with E-state index in [1.54, 1.807) is 7.11 Å². The molecule has 0 fully saturated rings. The Morgan fingerprint density at radius 1 is 1.11 bits per heavy atom. The van der Waals surface area contributed by atoms with Crippen LogP contribution in [0.4, 0.5) is 5.69 Å². The number of thiazole rings is 1. The largest absolute Gasteiger partial charge is 0.497 e. The van der Waals surface area contributed by atoms with Crippen molar-refractivity contribution in [3.05, 3.63) is 88.0 Å². The van der Waals surface area contributed by atoms with Gasteiger partial charge in [-0.3, -0.25) is 0 Å². The van der Waals surface area contributed by atoms with Crippen LogP contribution in [-0.4, -0.2) is 13.7 Å². The average molecular weight is 516 g/mol. The van der Waals surface area contributed by atoms with Gasteiger partial charge in [0.2, 0.25) is 5.52 Å². The van der Waals surface area contributed by atoms with Crippen molar-refractivity contribution in [1.82, 2.24) is 0 Å². The van der Waals surface area contributed by atoms with Gasteiger partial charge in [-0.25, -0.2) is 0 Å². The summed E-state index contributed by atoms with van der Waals surface area (Å²) in [6.45, 7) is 11.1. The van der Waals surface area contributed by atoms with Crippen LogP contribution in [0.2, 0.25) is 0 Å². The number of methoxy groups -OCH3 is 1. The molecular weight excluding hydrogens is 480 g/mol. The molecule has 0 spiro atoms. The Kier molecular flexibility index (Phi) is 7.14. The fraction of sp³-hybridized carbons (Fsp3) is 0.323. The van der Waals surface area contributed by atoms with E-state index in [1.807, 2.05) is 29.2 Å². The second-order valence-electron chi connectivity index (χ2n) is 10.2. The molecule has 2 aliphatic rings. The van der Waals surface area contributed by atoms with Gasteiger partial charge >= 0.3 is 0 Å². The molecule has 1 aliphatic heterocycles. The molecule has 1 aliphatic carbocycles. The number of thioether (sulfide) groups is 1. The third-order valence-corrected chi connectivity index (χ3v) is 9.04. The SMILES string of the molecule is CCN1/C(=C/C=C/C2=CC(=C\c3sc4ccccc4[n+]3CC)/CC(C)(C)C2)Sc2ccc(OC)cc21. The van der Waals surface area contributed by atoms with E-state index in [2.05, 4.69) is 104 Å². The van der Waals surface area contributed by atoms with Crippen LogP contribution in [0, 0.1) is 5.41 Å². The summed E-state index contributed by atoms with van der Waals surface area (Å²) in [4.78, 5) is 3.65. The normalized spacial score (nSPS) is 19.5. The first kappa shape index (κ1) is 24.9. The summed E-state index contributed by atoms with van der Waals surface area (Å²) < 4.78 is 9.24. The van der Waals surface area contributed by atoms with Crippen LogP contribution in [0.15, 0.2) is 87.8 Å². The highest BCUT2D eigenvalue weighted by Crippen LogP contribution is 2.47. The van der Waals surface area contributed by atoms with Gasteiger partial charge in [0.25, 0.3) is 5.01 Å². The maximum atomic E-state index is 5.45. The standard InChI is InChI=1S/C31H35N2OS2/c1-6-32-25-12-8-9-13-27(25)36-30(32)18-23-17-22(20-31(3,4)21-23)11-10-14-29-33(7-2)26-19-24(34-5)15-16-28(26)35-29/h8-19H,6-7,20-21H2,1-5H3/q+1. The molecule has 0 unspecified atom stereocenters. The quantitative estimate of drug-likeness (QED) is 0.307. The van der Waals surface area contributed by atoms with Crippen molar-refractivity contribution in [3.8, 4) is 5.75 Å². The molecular formula is C31H35N2OS2+. The molecule has 5 rings (SSSR count). The summed E-state index contributed by atoms with van der Waals surface area (Å²) in [5.41, 5.74) is 5.61. The number of rotatable bonds is 6. The Balaban J connectivity index is 1.42. The Morgan fingerprint density at radius 3 is 2.72 bits per heavy atom. The van der Waals surface area contributed by atoms with E-state index < -0.39 is 0 Å². The number of hydrogen-bond donors (Lipinski definition) is 0. The number of aryl methyl sites for hydroxylation is 1. The molecule has 3 aromatic rings. The number of anilines is 1. The maximum Gasteiger partial charge on any atom is 0.263 e. The first-order valence-electron chi connectivity index (χ1n) is 12.7. The van der Waals surface area contributed by atoms with Gasteiger partial charge in [0.05, 0.1) is 17.8 Å². The van der Waals surface area contributed by atoms with Crippen molar-refractivity contribution in [2.45, 2.75) is 52.0 Å². The van der Waals surface area contributed by atoms with Gasteiger partial charge < -0.3 is 9.64 Å². The molecule has 0 N–H and O–H groups in total. The Morgan fingerprint density at radius 2 is 1.94 bits per heavy atom. The first-order valence-corrected chi connectivity index (χ1v) is 14.4. The van der Waals surface area contributed by atoms with Crippen LogP contribution >= 0.6 is 23.1 Å². The zero-order chi connectivity index (χ0) is 25.3. The molecule has 36 heavy (non-hydrogen) atoms. The van der Waals surface area contributed by atoms with Gasteiger partial charge in [-0.15, -0.1) is 0 Å². The highest BCUT2D eigenvalue weighted by atomic mass is 32.2. The molecule has 186 valence electrons. The second kappa shape index (κ2) is 10.3. The molecule has 0 radical (unpaired) electrons. The van der Waals surface area contributed by atoms with Crippen LogP contribution < -0.4 is 14.2 Å². The van der Waals surface area contributed by atoms with Gasteiger partial charge in [-0.05, 0) is 67.5 Å². The van der Waals surface area contributed by atoms with Gasteiger partial charge in [-0.2, -0.15) is 4.57 Å². The van der Waals surface area contributed by atoms with E-state index in [0.717, 1.165) is 31.7 Å². The maximum absolute atomic E-state index is 5.45. The first-order chi connectivity index (χ1) is 17.4. The molecule has 0 atom stereocenters. The highest BCUT2D eigenvalue weighted by molar-refractivity contribution is 8.03. The summed E-state index contributed by atoms with van der Waals surface area (Å²) in [5, 5.41) is 2.60. The lowest BCUT2D eigenvalue weighted by atomic mass is 9.75. The minimum atomic E-state index is 0.242. The molecule has 2 aromatic carbocycles. The Labute approximate surface area is 223 Å². The summed E-state index contributed by atoms with van der Waals surface area (Å²) in [5.74, 6) is 0.904. The predicted molar refractivity (Wildman–Crippen MR) is 156 cm³/mol. The lowest BCUT2D eigenvalue weighted by Crippen LogP contribution is -2.33. The van der Waals surface area contributed by atoms with Gasteiger partial charge in [0, 0.05) is 29.6 Å². The number of hydrogen-bond acceptors (Lipinski definition) is 4.